The van der Waals surface area contributed by atoms with Gasteiger partial charge in [0.2, 0.25) is 0 Å². The van der Waals surface area contributed by atoms with Gasteiger partial charge in [-0.1, -0.05) is 54.6 Å². The van der Waals surface area contributed by atoms with Gasteiger partial charge in [-0.05, 0) is 170 Å². The molecular formula is C68H84N5O18PS. The number of hydrogen-bond donors (Lipinski definition) is 0. The molecule has 5 aromatic rings. The summed E-state index contributed by atoms with van der Waals surface area (Å²) in [6, 6.07) is 26.4. The summed E-state index contributed by atoms with van der Waals surface area (Å²) < 4.78 is 73.5. The van der Waals surface area contributed by atoms with Gasteiger partial charge in [0, 0.05) is 36.4 Å². The maximum Gasteiger partial charge on any atom is 0.335 e. The van der Waals surface area contributed by atoms with Gasteiger partial charge in [0.1, 0.15) is 47.9 Å². The van der Waals surface area contributed by atoms with Gasteiger partial charge < -0.3 is 51.5 Å². The zero-order valence-electron chi connectivity index (χ0n) is 54.4. The van der Waals surface area contributed by atoms with Crippen molar-refractivity contribution in [2.45, 2.75) is 176 Å². The van der Waals surface area contributed by atoms with E-state index in [0.717, 1.165) is 28.4 Å². The van der Waals surface area contributed by atoms with E-state index in [0.29, 0.717) is 45.9 Å². The quantitative estimate of drug-likeness (QED) is 0.0173. The third-order valence-electron chi connectivity index (χ3n) is 18.3. The predicted octanol–water partition coefficient (Wildman–Crippen LogP) is 9.42. The Labute approximate surface area is 545 Å². The number of aryl methyl sites for hydroxylation is 2. The summed E-state index contributed by atoms with van der Waals surface area (Å²) in [5, 5.41) is 9.85. The fourth-order valence-electron chi connectivity index (χ4n) is 14.0. The standard InChI is InChI=1S/C68H84N5O18PS/c1-42-36-70(63(79)72(59(42)75)40-83-61(77)65(3,4)5)56-30-52(90-58(74)35-67-32-44-27-45(33-67)29-46(28-44)34-67)55(89-56)39-87-92(93,86-26-14-25-69)91-53-31-57(71-37-43(2)60(76)73(64(71)80)41-84-62(78)66(6,7)8)88-54(53)38-85-68(47-15-12-11-13-16-47,48-17-21-50(81-9)22-18-48)49-19-23-51(82-10)24-20-49/h11-13,15-24,36-37,44-46,52-57H,14,26-35,38-41H2,1-10H3/t44?,45?,46?,52-,53-,54+,55+,56+,57+,67?,92?/m0/s1. The minimum atomic E-state index is -4.17. The van der Waals surface area contributed by atoms with E-state index in [9.17, 15) is 38.8 Å². The highest BCUT2D eigenvalue weighted by atomic mass is 32.5. The summed E-state index contributed by atoms with van der Waals surface area (Å²) in [5.74, 6) is 1.16. The minimum absolute atomic E-state index is 0.0756. The summed E-state index contributed by atoms with van der Waals surface area (Å²) in [4.78, 5) is 96.7. The molecule has 25 heteroatoms. The van der Waals surface area contributed by atoms with Crippen LogP contribution in [0.15, 0.2) is 110 Å². The largest absolute Gasteiger partial charge is 0.497 e. The molecule has 11 rings (SSSR count). The number of methoxy groups -OCH3 is 2. The van der Waals surface area contributed by atoms with Crippen LogP contribution in [-0.2, 0) is 87.2 Å². The molecule has 500 valence electrons. The first-order valence-electron chi connectivity index (χ1n) is 31.6. The van der Waals surface area contributed by atoms with Crippen LogP contribution in [0.25, 0.3) is 0 Å². The van der Waals surface area contributed by atoms with E-state index in [2.05, 4.69) is 6.07 Å². The Bertz CT molecular complexity index is 3800. The summed E-state index contributed by atoms with van der Waals surface area (Å²) in [5.41, 5.74) is -4.21. The van der Waals surface area contributed by atoms with E-state index >= 15 is 0 Å². The number of benzene rings is 3. The van der Waals surface area contributed by atoms with Crippen molar-refractivity contribution in [2.24, 2.45) is 34.0 Å². The molecule has 0 amide bonds. The Balaban J connectivity index is 1.01. The molecule has 0 N–H and O–H groups in total. The first-order chi connectivity index (χ1) is 44.1. The number of nitrogens with zero attached hydrogens (tertiary/aromatic N) is 5. The van der Waals surface area contributed by atoms with Crippen molar-refractivity contribution in [3.8, 4) is 17.6 Å². The van der Waals surface area contributed by atoms with E-state index in [4.69, 9.17) is 63.3 Å². The zero-order valence-corrected chi connectivity index (χ0v) is 56.1. The highest BCUT2D eigenvalue weighted by Crippen LogP contribution is 2.62. The highest BCUT2D eigenvalue weighted by Gasteiger charge is 2.53. The summed E-state index contributed by atoms with van der Waals surface area (Å²) in [6.45, 7) is 6.39. The summed E-state index contributed by atoms with van der Waals surface area (Å²) in [7, 11) is 3.14. The zero-order chi connectivity index (χ0) is 66.8. The van der Waals surface area contributed by atoms with Crippen molar-refractivity contribution < 1.29 is 65.8 Å². The van der Waals surface area contributed by atoms with Gasteiger partial charge in [0.25, 0.3) is 11.1 Å². The van der Waals surface area contributed by atoms with Gasteiger partial charge in [0.05, 0.1) is 69.9 Å². The molecular weight excluding hydrogens is 1240 g/mol. The number of esters is 3. The minimum Gasteiger partial charge on any atom is -0.497 e. The van der Waals surface area contributed by atoms with Crippen LogP contribution < -0.4 is 32.0 Å². The van der Waals surface area contributed by atoms with Gasteiger partial charge in [0.15, 0.2) is 13.5 Å². The maximum absolute atomic E-state index is 14.6. The van der Waals surface area contributed by atoms with E-state index in [-0.39, 0.29) is 55.4 Å². The van der Waals surface area contributed by atoms with Crippen molar-refractivity contribution in [3.63, 3.8) is 0 Å². The fourth-order valence-corrected chi connectivity index (χ4v) is 16.2. The van der Waals surface area contributed by atoms with Crippen LogP contribution >= 0.6 is 6.72 Å². The van der Waals surface area contributed by atoms with Gasteiger partial charge in [-0.3, -0.25) is 33.1 Å². The number of rotatable bonds is 25. The van der Waals surface area contributed by atoms with Crippen LogP contribution in [0.3, 0.4) is 0 Å². The van der Waals surface area contributed by atoms with Crippen LogP contribution in [0.2, 0.25) is 0 Å². The molecule has 23 nitrogen and oxygen atoms in total. The third-order valence-corrected chi connectivity index (χ3v) is 20.7. The van der Waals surface area contributed by atoms with Gasteiger partial charge in [-0.25, -0.2) is 18.7 Å². The van der Waals surface area contributed by atoms with Crippen molar-refractivity contribution >= 4 is 36.4 Å². The van der Waals surface area contributed by atoms with Crippen LogP contribution in [0.1, 0.15) is 146 Å². The van der Waals surface area contributed by atoms with Gasteiger partial charge >= 0.3 is 36.0 Å². The van der Waals surface area contributed by atoms with E-state index in [1.165, 1.54) is 54.6 Å². The number of hydrogen-bond acceptors (Lipinski definition) is 20. The van der Waals surface area contributed by atoms with Crippen molar-refractivity contribution in [2.75, 3.05) is 34.0 Å². The SMILES string of the molecule is COc1ccc(C(OC[C@H]2O[C@@H](n3cc(C)c(=O)n(COC(=O)C(C)(C)C)c3=O)C[C@@H]2OP(=S)(OCCC#N)OC[C@H]2O[C@@H](n3cc(C)c(=O)n(COC(=O)C(C)(C)C)c3=O)C[C@@H]2OC(=O)CC23CC4CC(CC(C4)C2)C3)(c2ccccc2)c2ccc(OC)cc2)cc1. The molecule has 4 heterocycles. The summed E-state index contributed by atoms with van der Waals surface area (Å²) in [6.07, 6.45) is 2.05. The monoisotopic (exact) mass is 1320 g/mol. The molecule has 0 spiro atoms. The second kappa shape index (κ2) is 28.1. The molecule has 6 aliphatic rings. The highest BCUT2D eigenvalue weighted by molar-refractivity contribution is 8.07. The lowest BCUT2D eigenvalue weighted by Crippen LogP contribution is -2.47. The van der Waals surface area contributed by atoms with Gasteiger partial charge in [-0.15, -0.1) is 0 Å². The van der Waals surface area contributed by atoms with Crippen molar-refractivity contribution in [1.82, 2.24) is 18.3 Å². The Hall–Kier alpha value is -7.07. The molecule has 93 heavy (non-hydrogen) atoms. The molecule has 2 saturated heterocycles. The number of carbonyl (C=O) groups excluding carboxylic acids is 3. The first kappa shape index (κ1) is 68.8. The van der Waals surface area contributed by atoms with Crippen molar-refractivity contribution in [1.29, 1.82) is 5.26 Å². The molecule has 6 fully saturated rings. The third kappa shape index (κ3) is 15.2. The lowest BCUT2D eigenvalue weighted by Gasteiger charge is -2.56. The van der Waals surface area contributed by atoms with Crippen LogP contribution in [0, 0.1) is 59.2 Å². The number of carbonyl (C=O) groups is 3. The Kier molecular flexibility index (Phi) is 20.8. The molecule has 1 unspecified atom stereocenters. The Morgan fingerprint density at radius 2 is 1.09 bits per heavy atom. The lowest BCUT2D eigenvalue weighted by molar-refractivity contribution is -0.161. The molecule has 3 aromatic carbocycles. The summed E-state index contributed by atoms with van der Waals surface area (Å²) >= 11 is 6.32. The topological polar surface area (TPSA) is 265 Å². The number of nitriles is 1. The molecule has 2 aromatic heterocycles. The maximum atomic E-state index is 14.6. The second-order valence-corrected chi connectivity index (χ2v) is 30.4. The second-order valence-electron chi connectivity index (χ2n) is 27.4. The fraction of sp³-hybridized carbons (Fsp3) is 0.559. The van der Waals surface area contributed by atoms with E-state index in [1.807, 2.05) is 78.9 Å². The van der Waals surface area contributed by atoms with Crippen LogP contribution in [0.5, 0.6) is 11.5 Å². The molecule has 2 aliphatic heterocycles. The predicted molar refractivity (Wildman–Crippen MR) is 342 cm³/mol. The van der Waals surface area contributed by atoms with Crippen molar-refractivity contribution in [3.05, 3.63) is 161 Å². The average Bonchev–Trinajstić information content (AvgIpc) is 0.961. The molecule has 4 aliphatic carbocycles. The molecule has 7 atom stereocenters. The Morgan fingerprint density at radius 3 is 1.54 bits per heavy atom. The molecule has 4 saturated carbocycles. The van der Waals surface area contributed by atoms with E-state index < -0.39 is 120 Å². The smallest absolute Gasteiger partial charge is 0.335 e. The number of aromatic nitrogens is 4. The average molecular weight is 1320 g/mol. The first-order valence-corrected chi connectivity index (χ1v) is 34.1. The lowest BCUT2D eigenvalue weighted by atomic mass is 9.49. The Morgan fingerprint density at radius 1 is 0.634 bits per heavy atom. The number of ether oxygens (including phenoxy) is 8. The van der Waals surface area contributed by atoms with E-state index in [1.54, 1.807) is 55.8 Å². The van der Waals surface area contributed by atoms with Crippen LogP contribution in [0.4, 0.5) is 0 Å². The normalized spacial score (nSPS) is 24.8. The molecule has 0 radical (unpaired) electrons. The van der Waals surface area contributed by atoms with Crippen LogP contribution in [-0.4, -0.2) is 94.6 Å². The van der Waals surface area contributed by atoms with Gasteiger partial charge in [-0.2, -0.15) is 5.26 Å². The molecule has 4 bridgehead atoms.